The molecular weight excluding hydrogens is 390 g/mol. The summed E-state index contributed by atoms with van der Waals surface area (Å²) in [5.74, 6) is 0.599. The molecule has 0 aliphatic carbocycles. The van der Waals surface area contributed by atoms with Crippen LogP contribution in [-0.4, -0.2) is 44.0 Å². The summed E-state index contributed by atoms with van der Waals surface area (Å²) in [6.45, 7) is 0.187. The number of rotatable bonds is 9. The molecule has 0 fully saturated rings. The Morgan fingerprint density at radius 1 is 1.17 bits per heavy atom. The lowest BCUT2D eigenvalue weighted by atomic mass is 10.1. The number of nitrogens with zero attached hydrogens (tertiary/aromatic N) is 2. The van der Waals surface area contributed by atoms with Crippen molar-refractivity contribution in [2.45, 2.75) is 33.0 Å². The molecule has 0 saturated heterocycles. The highest BCUT2D eigenvalue weighted by atomic mass is 19.3. The quantitative estimate of drug-likeness (QED) is 0.484. The van der Waals surface area contributed by atoms with E-state index in [0.29, 0.717) is 31.0 Å². The highest BCUT2D eigenvalue weighted by molar-refractivity contribution is 5.81. The molecule has 0 aliphatic heterocycles. The molecule has 0 aromatic heterocycles. The van der Waals surface area contributed by atoms with Crippen LogP contribution in [0.25, 0.3) is 0 Å². The summed E-state index contributed by atoms with van der Waals surface area (Å²) in [6.07, 6.45) is 0.300. The number of benzene rings is 2. The van der Waals surface area contributed by atoms with Crippen molar-refractivity contribution in [3.05, 3.63) is 65.2 Å². The van der Waals surface area contributed by atoms with Gasteiger partial charge in [0.25, 0.3) is 0 Å². The van der Waals surface area contributed by atoms with Crippen molar-refractivity contribution < 1.29 is 18.3 Å². The van der Waals surface area contributed by atoms with Crippen molar-refractivity contribution in [3.8, 4) is 5.75 Å². The molecule has 0 radical (unpaired) electrons. The lowest BCUT2D eigenvalue weighted by molar-refractivity contribution is -0.130. The third-order valence-electron chi connectivity index (χ3n) is 4.42. The number of hydrogen-bond acceptors (Lipinski definition) is 3. The minimum atomic E-state index is -2.89. The van der Waals surface area contributed by atoms with Crippen LogP contribution >= 0.6 is 0 Å². The zero-order valence-electron chi connectivity index (χ0n) is 17.5. The van der Waals surface area contributed by atoms with Crippen LogP contribution in [-0.2, 0) is 17.9 Å². The Bertz CT molecular complexity index is 844. The van der Waals surface area contributed by atoms with Crippen LogP contribution in [0.5, 0.6) is 5.75 Å². The van der Waals surface area contributed by atoms with Gasteiger partial charge in [-0.3, -0.25) is 9.79 Å². The molecule has 0 heterocycles. The molecule has 0 unspecified atom stereocenters. The van der Waals surface area contributed by atoms with Crippen LogP contribution < -0.4 is 15.4 Å². The van der Waals surface area contributed by atoms with Gasteiger partial charge < -0.3 is 20.3 Å². The smallest absolute Gasteiger partial charge is 0.387 e. The summed E-state index contributed by atoms with van der Waals surface area (Å²) >= 11 is 0. The molecule has 30 heavy (non-hydrogen) atoms. The topological polar surface area (TPSA) is 66.0 Å². The molecule has 8 heteroatoms. The number of aryl methyl sites for hydroxylation is 1. The molecule has 2 aromatic rings. The Morgan fingerprint density at radius 3 is 2.57 bits per heavy atom. The first-order valence-electron chi connectivity index (χ1n) is 9.65. The number of halogens is 2. The highest BCUT2D eigenvalue weighted by Crippen LogP contribution is 2.21. The van der Waals surface area contributed by atoms with Gasteiger partial charge in [0.05, 0.1) is 0 Å². The van der Waals surface area contributed by atoms with Crippen molar-refractivity contribution in [2.24, 2.45) is 4.99 Å². The number of carbonyl (C=O) groups excluding carboxylic acids is 1. The molecule has 2 rings (SSSR count). The van der Waals surface area contributed by atoms with Crippen molar-refractivity contribution in [3.63, 3.8) is 0 Å². The van der Waals surface area contributed by atoms with Crippen LogP contribution in [0.3, 0.4) is 0 Å². The first-order valence-corrected chi connectivity index (χ1v) is 9.65. The predicted octanol–water partition coefficient (Wildman–Crippen LogP) is 3.31. The molecule has 0 bridgehead atoms. The minimum Gasteiger partial charge on any atom is -0.434 e. The fraction of sp³-hybridized carbons (Fsp3) is 0.364. The number of alkyl halides is 2. The van der Waals surface area contributed by atoms with Crippen LogP contribution in [0.15, 0.2) is 53.5 Å². The number of aliphatic imine (C=N–C) groups is 1. The van der Waals surface area contributed by atoms with Crippen LogP contribution in [0.2, 0.25) is 0 Å². The Morgan fingerprint density at radius 2 is 1.90 bits per heavy atom. The van der Waals surface area contributed by atoms with Gasteiger partial charge in [-0.05, 0) is 18.6 Å². The molecule has 0 saturated carbocycles. The summed E-state index contributed by atoms with van der Waals surface area (Å²) in [5, 5.41) is 6.13. The summed E-state index contributed by atoms with van der Waals surface area (Å²) in [4.78, 5) is 18.1. The summed E-state index contributed by atoms with van der Waals surface area (Å²) in [7, 11) is 3.37. The van der Waals surface area contributed by atoms with E-state index in [1.165, 1.54) is 6.07 Å². The highest BCUT2D eigenvalue weighted by Gasteiger charge is 2.12. The van der Waals surface area contributed by atoms with Gasteiger partial charge in [-0.25, -0.2) is 0 Å². The Kier molecular flexibility index (Phi) is 9.05. The standard InChI is InChI=1S/C22H28F2N4O2/c1-16-9-10-19(30-21(23)24)18(13-16)14-27-22(25-2)26-12-11-20(29)28(3)15-17-7-5-4-6-8-17/h4-10,13,21H,11-12,14-15H2,1-3H3,(H2,25,26,27). The van der Waals surface area contributed by atoms with Gasteiger partial charge in [0, 0.05) is 45.7 Å². The van der Waals surface area contributed by atoms with E-state index in [1.54, 1.807) is 31.1 Å². The van der Waals surface area contributed by atoms with E-state index in [4.69, 9.17) is 0 Å². The minimum absolute atomic E-state index is 0.00751. The van der Waals surface area contributed by atoms with E-state index in [1.807, 2.05) is 37.3 Å². The van der Waals surface area contributed by atoms with E-state index in [0.717, 1.165) is 11.1 Å². The summed E-state index contributed by atoms with van der Waals surface area (Å²) < 4.78 is 29.8. The normalized spacial score (nSPS) is 11.3. The first-order chi connectivity index (χ1) is 14.4. The van der Waals surface area contributed by atoms with Gasteiger partial charge in [-0.2, -0.15) is 8.78 Å². The predicted molar refractivity (Wildman–Crippen MR) is 114 cm³/mol. The SMILES string of the molecule is CN=C(NCCC(=O)N(C)Cc1ccccc1)NCc1cc(C)ccc1OC(F)F. The van der Waals surface area contributed by atoms with E-state index in [9.17, 15) is 13.6 Å². The molecule has 162 valence electrons. The number of carbonyl (C=O) groups is 1. The molecule has 6 nitrogen and oxygen atoms in total. The van der Waals surface area contributed by atoms with Gasteiger partial charge in [-0.15, -0.1) is 0 Å². The van der Waals surface area contributed by atoms with Crippen molar-refractivity contribution in [2.75, 3.05) is 20.6 Å². The van der Waals surface area contributed by atoms with Gasteiger partial charge in [-0.1, -0.05) is 48.0 Å². The van der Waals surface area contributed by atoms with Gasteiger partial charge in [0.1, 0.15) is 5.75 Å². The second-order valence-corrected chi connectivity index (χ2v) is 6.83. The molecule has 2 aromatic carbocycles. The fourth-order valence-electron chi connectivity index (χ4n) is 2.88. The molecular formula is C22H28F2N4O2. The monoisotopic (exact) mass is 418 g/mol. The second kappa shape index (κ2) is 11.7. The lowest BCUT2D eigenvalue weighted by Gasteiger charge is -2.18. The maximum absolute atomic E-state index is 12.6. The Labute approximate surface area is 175 Å². The van der Waals surface area contributed by atoms with Crippen LogP contribution in [0.1, 0.15) is 23.1 Å². The number of hydrogen-bond donors (Lipinski definition) is 2. The van der Waals surface area contributed by atoms with Crippen molar-refractivity contribution >= 4 is 11.9 Å². The Balaban J connectivity index is 1.81. The maximum Gasteiger partial charge on any atom is 0.387 e. The largest absolute Gasteiger partial charge is 0.434 e. The third kappa shape index (κ3) is 7.69. The number of nitrogens with one attached hydrogen (secondary N) is 2. The van der Waals surface area contributed by atoms with Gasteiger partial charge >= 0.3 is 6.61 Å². The first kappa shape index (κ1) is 23.1. The average molecular weight is 418 g/mol. The average Bonchev–Trinajstić information content (AvgIpc) is 2.72. The van der Waals surface area contributed by atoms with E-state index < -0.39 is 6.61 Å². The van der Waals surface area contributed by atoms with Gasteiger partial charge in [0.2, 0.25) is 5.91 Å². The molecule has 2 N–H and O–H groups in total. The van der Waals surface area contributed by atoms with E-state index in [-0.39, 0.29) is 18.2 Å². The van der Waals surface area contributed by atoms with Crippen LogP contribution in [0, 0.1) is 6.92 Å². The summed E-state index contributed by atoms with van der Waals surface area (Å²) in [6, 6.07) is 14.8. The number of guanidine groups is 1. The number of amides is 1. The molecule has 1 amide bonds. The molecule has 0 spiro atoms. The van der Waals surface area contributed by atoms with Gasteiger partial charge in [0.15, 0.2) is 5.96 Å². The van der Waals surface area contributed by atoms with Crippen LogP contribution in [0.4, 0.5) is 8.78 Å². The van der Waals surface area contributed by atoms with Crippen molar-refractivity contribution in [1.82, 2.24) is 15.5 Å². The lowest BCUT2D eigenvalue weighted by Crippen LogP contribution is -2.39. The molecule has 0 aliphatic rings. The molecule has 0 atom stereocenters. The second-order valence-electron chi connectivity index (χ2n) is 6.83. The van der Waals surface area contributed by atoms with E-state index in [2.05, 4.69) is 20.4 Å². The third-order valence-corrected chi connectivity index (χ3v) is 4.42. The summed E-state index contributed by atoms with van der Waals surface area (Å²) in [5.41, 5.74) is 2.60. The number of ether oxygens (including phenoxy) is 1. The van der Waals surface area contributed by atoms with E-state index >= 15 is 0 Å². The maximum atomic E-state index is 12.6. The zero-order valence-corrected chi connectivity index (χ0v) is 17.5. The van der Waals surface area contributed by atoms with Crippen molar-refractivity contribution in [1.29, 1.82) is 0 Å². The fourth-order valence-corrected chi connectivity index (χ4v) is 2.88. The zero-order chi connectivity index (χ0) is 21.9. The Hall–Kier alpha value is -3.16.